The van der Waals surface area contributed by atoms with Crippen LogP contribution in [0.3, 0.4) is 0 Å². The van der Waals surface area contributed by atoms with Crippen molar-refractivity contribution in [1.29, 1.82) is 0 Å². The summed E-state index contributed by atoms with van der Waals surface area (Å²) in [5.74, 6) is 0. The van der Waals surface area contributed by atoms with Crippen LogP contribution in [-0.2, 0) is 5.41 Å². The van der Waals surface area contributed by atoms with E-state index in [0.29, 0.717) is 0 Å². The molecule has 5 aromatic carbocycles. The molecule has 154 valence electrons. The summed E-state index contributed by atoms with van der Waals surface area (Å²) in [7, 11) is 0. The van der Waals surface area contributed by atoms with Gasteiger partial charge in [-0.3, -0.25) is 0 Å². The van der Waals surface area contributed by atoms with E-state index in [2.05, 4.69) is 127 Å². The molecule has 7 rings (SSSR count). The molecule has 0 radical (unpaired) electrons. The summed E-state index contributed by atoms with van der Waals surface area (Å²) in [4.78, 5) is 5.21. The number of nitrogens with zero attached hydrogens (tertiary/aromatic N) is 1. The van der Waals surface area contributed by atoms with Gasteiger partial charge in [-0.05, 0) is 51.2 Å². The lowest BCUT2D eigenvalue weighted by Crippen LogP contribution is -2.28. The molecule has 6 aromatic rings. The maximum absolute atomic E-state index is 5.21. The Morgan fingerprint density at radius 1 is 0.455 bits per heavy atom. The molecule has 1 aliphatic rings. The highest BCUT2D eigenvalue weighted by atomic mass is 14.7. The lowest BCUT2D eigenvalue weighted by Gasteiger charge is -2.34. The monoisotopic (exact) mass is 419 g/mol. The van der Waals surface area contributed by atoms with Gasteiger partial charge in [-0.2, -0.15) is 0 Å². The van der Waals surface area contributed by atoms with Gasteiger partial charge < -0.3 is 0 Å². The van der Waals surface area contributed by atoms with Crippen molar-refractivity contribution in [2.24, 2.45) is 0 Å². The molecule has 0 N–H and O–H groups in total. The summed E-state index contributed by atoms with van der Waals surface area (Å²) < 4.78 is 0. The molecule has 0 saturated heterocycles. The molecule has 33 heavy (non-hydrogen) atoms. The first kappa shape index (κ1) is 18.4. The number of fused-ring (bicyclic) bond motifs is 5. The van der Waals surface area contributed by atoms with Crippen molar-refractivity contribution in [3.8, 4) is 11.3 Å². The van der Waals surface area contributed by atoms with Crippen LogP contribution in [0.1, 0.15) is 22.3 Å². The molecule has 0 bridgehead atoms. The molecule has 1 aliphatic carbocycles. The van der Waals surface area contributed by atoms with Crippen LogP contribution in [0.15, 0.2) is 127 Å². The van der Waals surface area contributed by atoms with Crippen LogP contribution >= 0.6 is 0 Å². The van der Waals surface area contributed by atoms with E-state index in [-0.39, 0.29) is 0 Å². The number of hydrogen-bond acceptors (Lipinski definition) is 1. The molecule has 0 amide bonds. The summed E-state index contributed by atoms with van der Waals surface area (Å²) in [5, 5.41) is 3.68. The third-order valence-corrected chi connectivity index (χ3v) is 7.10. The highest BCUT2D eigenvalue weighted by molar-refractivity contribution is 5.92. The van der Waals surface area contributed by atoms with Crippen LogP contribution in [0.25, 0.3) is 32.9 Å². The van der Waals surface area contributed by atoms with Crippen LogP contribution in [-0.4, -0.2) is 4.98 Å². The average Bonchev–Trinajstić information content (AvgIpc) is 3.18. The molecule has 1 aromatic heterocycles. The second-order valence-corrected chi connectivity index (χ2v) is 8.80. The first-order valence-corrected chi connectivity index (χ1v) is 11.4. The van der Waals surface area contributed by atoms with E-state index in [1.807, 2.05) is 0 Å². The van der Waals surface area contributed by atoms with Crippen molar-refractivity contribution >= 4 is 21.7 Å². The van der Waals surface area contributed by atoms with Gasteiger partial charge in [-0.1, -0.05) is 109 Å². The number of rotatable bonds is 2. The zero-order chi connectivity index (χ0) is 21.8. The van der Waals surface area contributed by atoms with E-state index >= 15 is 0 Å². The Balaban J connectivity index is 1.68. The Bertz CT molecular complexity index is 1670. The lowest BCUT2D eigenvalue weighted by atomic mass is 9.67. The van der Waals surface area contributed by atoms with Crippen LogP contribution < -0.4 is 0 Å². The van der Waals surface area contributed by atoms with E-state index < -0.39 is 5.41 Å². The number of para-hydroxylation sites is 1. The lowest BCUT2D eigenvalue weighted by molar-refractivity contribution is 0.769. The second kappa shape index (κ2) is 6.88. The molecule has 0 saturated carbocycles. The predicted molar refractivity (Wildman–Crippen MR) is 137 cm³/mol. The van der Waals surface area contributed by atoms with Gasteiger partial charge in [0.1, 0.15) is 0 Å². The second-order valence-electron chi connectivity index (χ2n) is 8.80. The minimum Gasteiger partial charge on any atom is -0.247 e. The van der Waals surface area contributed by atoms with Gasteiger partial charge >= 0.3 is 0 Å². The van der Waals surface area contributed by atoms with Gasteiger partial charge in [0.05, 0.1) is 16.6 Å². The van der Waals surface area contributed by atoms with E-state index in [4.69, 9.17) is 4.98 Å². The quantitative estimate of drug-likeness (QED) is 0.279. The Morgan fingerprint density at radius 2 is 1.15 bits per heavy atom. The Morgan fingerprint density at radius 3 is 2.03 bits per heavy atom. The molecule has 0 fully saturated rings. The first-order valence-electron chi connectivity index (χ1n) is 11.4. The molecule has 1 nitrogen and oxygen atoms in total. The Hall–Kier alpha value is -4.23. The third kappa shape index (κ3) is 2.51. The molecule has 0 aliphatic heterocycles. The van der Waals surface area contributed by atoms with Crippen molar-refractivity contribution in [3.63, 3.8) is 0 Å². The minimum atomic E-state index is -0.422. The first-order chi connectivity index (χ1) is 16.4. The highest BCUT2D eigenvalue weighted by Gasteiger charge is 2.47. The summed E-state index contributed by atoms with van der Waals surface area (Å²) in [6, 6.07) is 46.0. The summed E-state index contributed by atoms with van der Waals surface area (Å²) >= 11 is 0. The SMILES string of the molecule is c1ccc(C2(c3ccc4ccccc4c3)c3ccccc3-c3nc4ccccc4cc32)cc1. The molecule has 0 spiro atoms. The topological polar surface area (TPSA) is 12.9 Å². The van der Waals surface area contributed by atoms with Gasteiger partial charge in [0.15, 0.2) is 0 Å². The molecular weight excluding hydrogens is 398 g/mol. The highest BCUT2D eigenvalue weighted by Crippen LogP contribution is 2.56. The zero-order valence-electron chi connectivity index (χ0n) is 18.1. The number of pyridine rings is 1. The zero-order valence-corrected chi connectivity index (χ0v) is 18.1. The molecule has 1 atom stereocenters. The largest absolute Gasteiger partial charge is 0.247 e. The van der Waals surface area contributed by atoms with Crippen LogP contribution in [0.2, 0.25) is 0 Å². The summed E-state index contributed by atoms with van der Waals surface area (Å²) in [6.45, 7) is 0. The fourth-order valence-corrected chi connectivity index (χ4v) is 5.67. The molecule has 1 heterocycles. The van der Waals surface area contributed by atoms with Gasteiger partial charge in [0.2, 0.25) is 0 Å². The maximum atomic E-state index is 5.21. The van der Waals surface area contributed by atoms with Crippen molar-refractivity contribution in [1.82, 2.24) is 4.98 Å². The Kier molecular flexibility index (Phi) is 3.83. The van der Waals surface area contributed by atoms with Crippen LogP contribution in [0.4, 0.5) is 0 Å². The summed E-state index contributed by atoms with van der Waals surface area (Å²) in [5.41, 5.74) is 8.01. The van der Waals surface area contributed by atoms with Crippen LogP contribution in [0.5, 0.6) is 0 Å². The van der Waals surface area contributed by atoms with Crippen molar-refractivity contribution in [2.75, 3.05) is 0 Å². The number of benzene rings is 5. The standard InChI is InChI=1S/C32H21N/c1-2-13-25(14-3-1)32(26-19-18-22-10-4-5-11-23(22)20-26)28-16-8-7-15-27(28)31-29(32)21-24-12-6-9-17-30(24)33-31/h1-21H. The van der Waals surface area contributed by atoms with Gasteiger partial charge in [0, 0.05) is 10.9 Å². The van der Waals surface area contributed by atoms with Crippen molar-refractivity contribution in [3.05, 3.63) is 150 Å². The van der Waals surface area contributed by atoms with E-state index in [0.717, 1.165) is 11.2 Å². The van der Waals surface area contributed by atoms with E-state index in [1.54, 1.807) is 0 Å². The molecular formula is C32H21N. The van der Waals surface area contributed by atoms with Gasteiger partial charge in [0.25, 0.3) is 0 Å². The van der Waals surface area contributed by atoms with Crippen LogP contribution in [0, 0.1) is 0 Å². The van der Waals surface area contributed by atoms with Gasteiger partial charge in [-0.25, -0.2) is 4.98 Å². The smallest absolute Gasteiger partial charge is 0.0760 e. The fourth-order valence-electron chi connectivity index (χ4n) is 5.67. The maximum Gasteiger partial charge on any atom is 0.0760 e. The average molecular weight is 420 g/mol. The van der Waals surface area contributed by atoms with Crippen molar-refractivity contribution in [2.45, 2.75) is 5.41 Å². The minimum absolute atomic E-state index is 0.422. The predicted octanol–water partition coefficient (Wildman–Crippen LogP) is 7.75. The van der Waals surface area contributed by atoms with Gasteiger partial charge in [-0.15, -0.1) is 0 Å². The van der Waals surface area contributed by atoms with E-state index in [9.17, 15) is 0 Å². The van der Waals surface area contributed by atoms with Crippen molar-refractivity contribution < 1.29 is 0 Å². The Labute approximate surface area is 193 Å². The third-order valence-electron chi connectivity index (χ3n) is 7.10. The van der Waals surface area contributed by atoms with E-state index in [1.165, 1.54) is 44.0 Å². The molecule has 1 unspecified atom stereocenters. The number of aromatic nitrogens is 1. The number of hydrogen-bond donors (Lipinski definition) is 0. The fraction of sp³-hybridized carbons (Fsp3) is 0.0312. The normalized spacial score (nSPS) is 16.6. The molecule has 1 heteroatoms. The summed E-state index contributed by atoms with van der Waals surface area (Å²) in [6.07, 6.45) is 0.